The molecule has 21 heavy (non-hydrogen) atoms. The number of fused-ring (bicyclic) bond motifs is 1. The number of rotatable bonds is 4. The minimum atomic E-state index is -1.04. The molecule has 110 valence electrons. The van der Waals surface area contributed by atoms with Crippen molar-refractivity contribution in [3.8, 4) is 0 Å². The van der Waals surface area contributed by atoms with Crippen molar-refractivity contribution in [2.45, 2.75) is 31.8 Å². The summed E-state index contributed by atoms with van der Waals surface area (Å²) in [6, 6.07) is 7.80. The first kappa shape index (κ1) is 14.1. The highest BCUT2D eigenvalue weighted by molar-refractivity contribution is 9.10. The van der Waals surface area contributed by atoms with Crippen molar-refractivity contribution in [1.29, 1.82) is 0 Å². The Labute approximate surface area is 130 Å². The maximum Gasteiger partial charge on any atom is 0.329 e. The molecule has 1 saturated carbocycles. The Morgan fingerprint density at radius 1 is 1.38 bits per heavy atom. The normalized spacial score (nSPS) is 15.9. The number of nitrogens with zero attached hydrogens (tertiary/aromatic N) is 1. The van der Waals surface area contributed by atoms with Gasteiger partial charge in [-0.1, -0.05) is 18.2 Å². The van der Waals surface area contributed by atoms with E-state index in [0.717, 1.165) is 21.1 Å². The van der Waals surface area contributed by atoms with Crippen molar-refractivity contribution >= 4 is 38.7 Å². The average molecular weight is 351 g/mol. The molecule has 0 bridgehead atoms. The van der Waals surface area contributed by atoms with Gasteiger partial charge in [-0.05, 0) is 41.8 Å². The molecule has 0 aliphatic heterocycles. The Morgan fingerprint density at radius 3 is 2.67 bits per heavy atom. The number of carboxylic acids is 1. The molecule has 3 rings (SSSR count). The van der Waals surface area contributed by atoms with Gasteiger partial charge < -0.3 is 15.0 Å². The summed E-state index contributed by atoms with van der Waals surface area (Å²) in [4.78, 5) is 23.3. The molecule has 0 saturated heterocycles. The lowest BCUT2D eigenvalue weighted by Crippen LogP contribution is -2.44. The van der Waals surface area contributed by atoms with Gasteiger partial charge in [-0.2, -0.15) is 0 Å². The Hall–Kier alpha value is -1.82. The summed E-state index contributed by atoms with van der Waals surface area (Å²) in [7, 11) is 0. The summed E-state index contributed by atoms with van der Waals surface area (Å²) in [5, 5.41) is 12.8. The third kappa shape index (κ3) is 2.33. The van der Waals surface area contributed by atoms with Crippen LogP contribution in [-0.4, -0.2) is 27.1 Å². The minimum absolute atomic E-state index is 0.118. The summed E-state index contributed by atoms with van der Waals surface area (Å²) in [6.45, 7) is 2.05. The lowest BCUT2D eigenvalue weighted by atomic mass is 10.2. The van der Waals surface area contributed by atoms with Crippen LogP contribution in [0.3, 0.4) is 0 Å². The molecular formula is C15H15BrN2O3. The highest BCUT2D eigenvalue weighted by atomic mass is 79.9. The first-order chi connectivity index (χ1) is 9.94. The van der Waals surface area contributed by atoms with Crippen LogP contribution in [0, 0.1) is 6.92 Å². The molecule has 1 amide bonds. The molecule has 1 aliphatic carbocycles. The number of aliphatic carboxylic acids is 1. The fourth-order valence-corrected chi connectivity index (χ4v) is 3.11. The molecule has 0 unspecified atom stereocenters. The van der Waals surface area contributed by atoms with E-state index < -0.39 is 11.5 Å². The van der Waals surface area contributed by atoms with Crippen LogP contribution in [-0.2, 0) is 16.1 Å². The molecule has 1 aromatic heterocycles. The number of para-hydroxylation sites is 1. The SMILES string of the molecule is Cc1c(Br)c2ccccc2n1CC(=O)NC1(C(=O)O)CC1. The van der Waals surface area contributed by atoms with Gasteiger partial charge in [0, 0.05) is 21.1 Å². The monoisotopic (exact) mass is 350 g/mol. The van der Waals surface area contributed by atoms with Crippen LogP contribution >= 0.6 is 15.9 Å². The number of halogens is 1. The van der Waals surface area contributed by atoms with E-state index >= 15 is 0 Å². The Kier molecular flexibility index (Phi) is 3.28. The number of nitrogens with one attached hydrogen (secondary N) is 1. The molecular weight excluding hydrogens is 336 g/mol. The number of carbonyl (C=O) groups excluding carboxylic acids is 1. The smallest absolute Gasteiger partial charge is 0.329 e. The average Bonchev–Trinajstić information content (AvgIpc) is 3.20. The lowest BCUT2D eigenvalue weighted by molar-refractivity contribution is -0.143. The predicted molar refractivity (Wildman–Crippen MR) is 82.1 cm³/mol. The van der Waals surface area contributed by atoms with Crippen LogP contribution in [0.4, 0.5) is 0 Å². The van der Waals surface area contributed by atoms with Crippen LogP contribution < -0.4 is 5.32 Å². The summed E-state index contributed by atoms with van der Waals surface area (Å²) < 4.78 is 2.86. The topological polar surface area (TPSA) is 71.3 Å². The minimum Gasteiger partial charge on any atom is -0.480 e. The first-order valence-corrected chi connectivity index (χ1v) is 7.52. The van der Waals surface area contributed by atoms with Gasteiger partial charge in [0.05, 0.1) is 0 Å². The molecule has 0 atom stereocenters. The zero-order valence-corrected chi connectivity index (χ0v) is 13.1. The second-order valence-electron chi connectivity index (χ2n) is 5.44. The van der Waals surface area contributed by atoms with Crippen LogP contribution in [0.15, 0.2) is 28.7 Å². The fourth-order valence-electron chi connectivity index (χ4n) is 2.56. The van der Waals surface area contributed by atoms with E-state index in [4.69, 9.17) is 5.11 Å². The van der Waals surface area contributed by atoms with E-state index in [1.165, 1.54) is 0 Å². The Balaban J connectivity index is 1.87. The first-order valence-electron chi connectivity index (χ1n) is 6.72. The van der Waals surface area contributed by atoms with Gasteiger partial charge >= 0.3 is 5.97 Å². The van der Waals surface area contributed by atoms with E-state index in [9.17, 15) is 9.59 Å². The predicted octanol–water partition coefficient (Wildman–Crippen LogP) is 2.45. The molecule has 6 heteroatoms. The van der Waals surface area contributed by atoms with E-state index in [0.29, 0.717) is 12.8 Å². The van der Waals surface area contributed by atoms with Gasteiger partial charge in [-0.25, -0.2) is 4.79 Å². The molecule has 5 nitrogen and oxygen atoms in total. The van der Waals surface area contributed by atoms with Gasteiger partial charge in [-0.3, -0.25) is 4.79 Å². The third-order valence-corrected chi connectivity index (χ3v) is 4.99. The fraction of sp³-hybridized carbons (Fsp3) is 0.333. The number of carboxylic acid groups (broad SMARTS) is 1. The largest absolute Gasteiger partial charge is 0.480 e. The number of hydrogen-bond acceptors (Lipinski definition) is 2. The molecule has 1 aromatic carbocycles. The van der Waals surface area contributed by atoms with E-state index in [1.54, 1.807) is 0 Å². The van der Waals surface area contributed by atoms with E-state index in [2.05, 4.69) is 21.2 Å². The molecule has 1 fully saturated rings. The van der Waals surface area contributed by atoms with Crippen molar-refractivity contribution in [3.63, 3.8) is 0 Å². The van der Waals surface area contributed by atoms with Gasteiger partial charge in [0.1, 0.15) is 12.1 Å². The summed E-state index contributed by atoms with van der Waals surface area (Å²) >= 11 is 3.54. The second-order valence-corrected chi connectivity index (χ2v) is 6.23. The third-order valence-electron chi connectivity index (χ3n) is 3.99. The van der Waals surface area contributed by atoms with Gasteiger partial charge in [0.25, 0.3) is 0 Å². The summed E-state index contributed by atoms with van der Waals surface area (Å²) in [5.41, 5.74) is 0.870. The summed E-state index contributed by atoms with van der Waals surface area (Å²) in [6.07, 6.45) is 1.01. The van der Waals surface area contributed by atoms with Gasteiger partial charge in [0.15, 0.2) is 0 Å². The second kappa shape index (κ2) is 4.87. The number of amides is 1. The maximum atomic E-state index is 12.2. The molecule has 0 spiro atoms. The summed E-state index contributed by atoms with van der Waals surface area (Å²) in [5.74, 6) is -1.22. The maximum absolute atomic E-state index is 12.2. The number of carbonyl (C=O) groups is 2. The number of hydrogen-bond donors (Lipinski definition) is 2. The zero-order valence-electron chi connectivity index (χ0n) is 11.5. The van der Waals surface area contributed by atoms with Crippen molar-refractivity contribution in [1.82, 2.24) is 9.88 Å². The van der Waals surface area contributed by atoms with Crippen molar-refractivity contribution in [3.05, 3.63) is 34.4 Å². The van der Waals surface area contributed by atoms with Crippen LogP contribution in [0.1, 0.15) is 18.5 Å². The van der Waals surface area contributed by atoms with Gasteiger partial charge in [-0.15, -0.1) is 0 Å². The van der Waals surface area contributed by atoms with E-state index in [1.807, 2.05) is 35.8 Å². The van der Waals surface area contributed by atoms with Crippen molar-refractivity contribution in [2.75, 3.05) is 0 Å². The highest BCUT2D eigenvalue weighted by Crippen LogP contribution is 2.36. The quantitative estimate of drug-likeness (QED) is 0.889. The van der Waals surface area contributed by atoms with Crippen LogP contribution in [0.25, 0.3) is 10.9 Å². The Morgan fingerprint density at radius 2 is 2.05 bits per heavy atom. The van der Waals surface area contributed by atoms with Crippen molar-refractivity contribution < 1.29 is 14.7 Å². The van der Waals surface area contributed by atoms with Gasteiger partial charge in [0.2, 0.25) is 5.91 Å². The van der Waals surface area contributed by atoms with E-state index in [-0.39, 0.29) is 12.5 Å². The zero-order chi connectivity index (χ0) is 15.2. The highest BCUT2D eigenvalue weighted by Gasteiger charge is 2.51. The molecule has 2 aromatic rings. The van der Waals surface area contributed by atoms with Crippen LogP contribution in [0.5, 0.6) is 0 Å². The molecule has 1 heterocycles. The standard InChI is InChI=1S/C15H15BrN2O3/c1-9-13(16)10-4-2-3-5-11(10)18(9)8-12(19)17-15(6-7-15)14(20)21/h2-5H,6-8H2,1H3,(H,17,19)(H,20,21). The van der Waals surface area contributed by atoms with Crippen molar-refractivity contribution in [2.24, 2.45) is 0 Å². The molecule has 2 N–H and O–H groups in total. The molecule has 1 aliphatic rings. The number of aromatic nitrogens is 1. The molecule has 0 radical (unpaired) electrons. The van der Waals surface area contributed by atoms with Crippen LogP contribution in [0.2, 0.25) is 0 Å². The number of benzene rings is 1. The lowest BCUT2D eigenvalue weighted by Gasteiger charge is -2.14. The Bertz CT molecular complexity index is 747.